The minimum Gasteiger partial charge on any atom is -0.477 e. The maximum Gasteiger partial charge on any atom is 0.354 e. The molecule has 1 aliphatic heterocycles. The summed E-state index contributed by atoms with van der Waals surface area (Å²) in [6.07, 6.45) is 6.19. The Balaban J connectivity index is 2.87. The number of carboxylic acid groups (broad SMARTS) is 1. The van der Waals surface area contributed by atoms with E-state index in [-0.39, 0.29) is 11.1 Å². The van der Waals surface area contributed by atoms with Gasteiger partial charge in [-0.25, -0.2) is 4.79 Å². The maximum absolute atomic E-state index is 10.9. The predicted molar refractivity (Wildman–Crippen MR) is 65.8 cm³/mol. The molecule has 0 aromatic heterocycles. The second-order valence-electron chi connectivity index (χ2n) is 4.98. The van der Waals surface area contributed by atoms with Gasteiger partial charge in [-0.05, 0) is 30.8 Å². The molecule has 0 aliphatic carbocycles. The third kappa shape index (κ3) is 4.01. The molecule has 1 aliphatic rings. The molecule has 1 rings (SSSR count). The lowest BCUT2D eigenvalue weighted by Gasteiger charge is -2.24. The van der Waals surface area contributed by atoms with Crippen molar-refractivity contribution < 1.29 is 9.90 Å². The average Bonchev–Trinajstić information content (AvgIpc) is 2.19. The number of hydrogen-bond donors (Lipinski definition) is 1. The van der Waals surface area contributed by atoms with Crippen LogP contribution in [0.5, 0.6) is 0 Å². The molecular weight excluding hydrogens is 202 g/mol. The molecule has 88 valence electrons. The van der Waals surface area contributed by atoms with Crippen LogP contribution in [0.25, 0.3) is 0 Å². The van der Waals surface area contributed by atoms with E-state index in [9.17, 15) is 4.79 Å². The summed E-state index contributed by atoms with van der Waals surface area (Å²) in [5.74, 6) is -0.970. The van der Waals surface area contributed by atoms with Gasteiger partial charge in [-0.1, -0.05) is 32.1 Å². The summed E-state index contributed by atoms with van der Waals surface area (Å²) in [6.45, 7) is 8.85. The van der Waals surface area contributed by atoms with E-state index in [1.807, 2.05) is 0 Å². The van der Waals surface area contributed by atoms with Crippen molar-refractivity contribution in [1.82, 2.24) is 0 Å². The van der Waals surface area contributed by atoms with Gasteiger partial charge in [-0.15, -0.1) is 0 Å². The van der Waals surface area contributed by atoms with Crippen molar-refractivity contribution >= 4 is 11.7 Å². The Kier molecular flexibility index (Phi) is 4.05. The fraction of sp³-hybridized carbons (Fsp3) is 0.538. The molecule has 0 fully saturated rings. The van der Waals surface area contributed by atoms with E-state index >= 15 is 0 Å². The van der Waals surface area contributed by atoms with E-state index in [0.717, 1.165) is 24.8 Å². The largest absolute Gasteiger partial charge is 0.477 e. The molecule has 0 bridgehead atoms. The van der Waals surface area contributed by atoms with Crippen LogP contribution in [0.2, 0.25) is 0 Å². The van der Waals surface area contributed by atoms with Crippen LogP contribution < -0.4 is 0 Å². The lowest BCUT2D eigenvalue weighted by molar-refractivity contribution is -0.129. The highest BCUT2D eigenvalue weighted by atomic mass is 16.4. The van der Waals surface area contributed by atoms with E-state index in [2.05, 4.69) is 25.4 Å². The second kappa shape index (κ2) is 5.10. The summed E-state index contributed by atoms with van der Waals surface area (Å²) in [6, 6.07) is 0. The topological polar surface area (TPSA) is 49.7 Å². The number of hydrogen-bond acceptors (Lipinski definition) is 2. The predicted octanol–water partition coefficient (Wildman–Crippen LogP) is 2.83. The van der Waals surface area contributed by atoms with Gasteiger partial charge in [0.05, 0.1) is 0 Å². The summed E-state index contributed by atoms with van der Waals surface area (Å²) in [7, 11) is 0. The van der Waals surface area contributed by atoms with E-state index in [1.165, 1.54) is 0 Å². The van der Waals surface area contributed by atoms with Gasteiger partial charge in [0.15, 0.2) is 0 Å². The van der Waals surface area contributed by atoms with Crippen LogP contribution in [0, 0.1) is 5.41 Å². The van der Waals surface area contributed by atoms with Crippen LogP contribution in [0.3, 0.4) is 0 Å². The molecule has 16 heavy (non-hydrogen) atoms. The molecule has 0 aromatic rings. The summed E-state index contributed by atoms with van der Waals surface area (Å²) in [5.41, 5.74) is 1.28. The molecule has 0 saturated heterocycles. The van der Waals surface area contributed by atoms with E-state index < -0.39 is 5.97 Å². The van der Waals surface area contributed by atoms with E-state index in [4.69, 9.17) is 5.11 Å². The highest BCUT2D eigenvalue weighted by molar-refractivity contribution is 6.40. The highest BCUT2D eigenvalue weighted by Gasteiger charge is 2.18. The number of allylic oxidation sites excluding steroid dienone is 2. The molecule has 3 heteroatoms. The first kappa shape index (κ1) is 12.7. The molecule has 0 spiro atoms. The second-order valence-corrected chi connectivity index (χ2v) is 4.98. The number of nitrogens with zero attached hydrogens (tertiary/aromatic N) is 1. The first-order valence-electron chi connectivity index (χ1n) is 5.54. The van der Waals surface area contributed by atoms with Crippen molar-refractivity contribution in [1.29, 1.82) is 0 Å². The third-order valence-corrected chi connectivity index (χ3v) is 2.89. The number of aliphatic imine (C=N–C) groups is 1. The van der Waals surface area contributed by atoms with Gasteiger partial charge in [0, 0.05) is 6.54 Å². The average molecular weight is 221 g/mol. The first-order valence-corrected chi connectivity index (χ1v) is 5.54. The van der Waals surface area contributed by atoms with Crippen LogP contribution in [0.4, 0.5) is 0 Å². The number of aliphatic carboxylic acids is 1. The van der Waals surface area contributed by atoms with Crippen LogP contribution in [0.1, 0.15) is 33.1 Å². The van der Waals surface area contributed by atoms with Crippen LogP contribution >= 0.6 is 0 Å². The number of carbonyl (C=O) groups is 1. The van der Waals surface area contributed by atoms with Crippen molar-refractivity contribution in [2.75, 3.05) is 6.54 Å². The molecule has 3 nitrogen and oxygen atoms in total. The third-order valence-electron chi connectivity index (χ3n) is 2.89. The van der Waals surface area contributed by atoms with Crippen molar-refractivity contribution in [2.24, 2.45) is 10.4 Å². The lowest BCUT2D eigenvalue weighted by atomic mass is 9.83. The summed E-state index contributed by atoms with van der Waals surface area (Å²) >= 11 is 0. The van der Waals surface area contributed by atoms with Crippen molar-refractivity contribution in [2.45, 2.75) is 33.1 Å². The standard InChI is InChI=1S/C13H19NO2/c1-10-4-5-11(12(15)16)14-9-8-13(2,3)7-6-10/h4-5H,1,6-9H2,2-3H3,(H,15,16)/b5-4-,14-11?. The van der Waals surface area contributed by atoms with E-state index in [0.29, 0.717) is 6.54 Å². The summed E-state index contributed by atoms with van der Waals surface area (Å²) in [5, 5.41) is 8.92. The van der Waals surface area contributed by atoms with Gasteiger partial charge < -0.3 is 5.11 Å². The Labute approximate surface area is 96.6 Å². The van der Waals surface area contributed by atoms with Crippen molar-refractivity contribution in [3.05, 3.63) is 24.3 Å². The van der Waals surface area contributed by atoms with Gasteiger partial charge in [0.25, 0.3) is 0 Å². The molecule has 0 unspecified atom stereocenters. The Morgan fingerprint density at radius 2 is 2.12 bits per heavy atom. The highest BCUT2D eigenvalue weighted by Crippen LogP contribution is 2.29. The molecular formula is C13H19NO2. The Morgan fingerprint density at radius 1 is 1.44 bits per heavy atom. The SMILES string of the molecule is C=C1/C=C\C(C(=O)O)=NCCC(C)(C)CC1. The van der Waals surface area contributed by atoms with Crippen molar-refractivity contribution in [3.63, 3.8) is 0 Å². The van der Waals surface area contributed by atoms with Gasteiger partial charge in [0.1, 0.15) is 5.71 Å². The van der Waals surface area contributed by atoms with Gasteiger partial charge in [-0.2, -0.15) is 0 Å². The van der Waals surface area contributed by atoms with Gasteiger partial charge in [-0.3, -0.25) is 4.99 Å². The Bertz CT molecular complexity index is 351. The molecule has 0 aromatic carbocycles. The monoisotopic (exact) mass is 221 g/mol. The zero-order chi connectivity index (χ0) is 12.2. The number of carboxylic acids is 1. The molecule has 1 heterocycles. The normalized spacial score (nSPS) is 23.4. The summed E-state index contributed by atoms with van der Waals surface area (Å²) < 4.78 is 0. The quantitative estimate of drug-likeness (QED) is 0.740. The fourth-order valence-electron chi connectivity index (χ4n) is 1.57. The zero-order valence-corrected chi connectivity index (χ0v) is 9.99. The fourth-order valence-corrected chi connectivity index (χ4v) is 1.57. The van der Waals surface area contributed by atoms with Crippen LogP contribution in [-0.2, 0) is 4.79 Å². The molecule has 1 N–H and O–H groups in total. The van der Waals surface area contributed by atoms with E-state index in [1.54, 1.807) is 12.2 Å². The maximum atomic E-state index is 10.9. The van der Waals surface area contributed by atoms with Gasteiger partial charge >= 0.3 is 5.97 Å². The minimum atomic E-state index is -0.970. The van der Waals surface area contributed by atoms with Gasteiger partial charge in [0.2, 0.25) is 0 Å². The lowest BCUT2D eigenvalue weighted by Crippen LogP contribution is -2.16. The van der Waals surface area contributed by atoms with Crippen LogP contribution in [-0.4, -0.2) is 23.3 Å². The minimum absolute atomic E-state index is 0.124. The van der Waals surface area contributed by atoms with Crippen molar-refractivity contribution in [3.8, 4) is 0 Å². The Hall–Kier alpha value is -1.38. The molecule has 0 atom stereocenters. The number of rotatable bonds is 1. The smallest absolute Gasteiger partial charge is 0.354 e. The Morgan fingerprint density at radius 3 is 2.75 bits per heavy atom. The molecule has 0 radical (unpaired) electrons. The van der Waals surface area contributed by atoms with Crippen LogP contribution in [0.15, 0.2) is 29.3 Å². The molecule has 0 amide bonds. The summed E-state index contributed by atoms with van der Waals surface area (Å²) in [4.78, 5) is 15.0. The zero-order valence-electron chi connectivity index (χ0n) is 9.99. The first-order chi connectivity index (χ1) is 7.41. The molecule has 0 saturated carbocycles.